The molecule has 3 N–H and O–H groups in total. The van der Waals surface area contributed by atoms with E-state index in [4.69, 9.17) is 5.73 Å². The van der Waals surface area contributed by atoms with Crippen molar-refractivity contribution in [1.82, 2.24) is 4.72 Å². The van der Waals surface area contributed by atoms with Gasteiger partial charge in [-0.1, -0.05) is 32.3 Å². The first-order chi connectivity index (χ1) is 9.40. The number of nitrogen functional groups attached to an aromatic ring is 1. The Bertz CT molecular complexity index is 569. The van der Waals surface area contributed by atoms with E-state index >= 15 is 0 Å². The van der Waals surface area contributed by atoms with Crippen LogP contribution in [-0.2, 0) is 10.0 Å². The molecule has 0 bridgehead atoms. The van der Waals surface area contributed by atoms with Gasteiger partial charge in [0.15, 0.2) is 0 Å². The van der Waals surface area contributed by atoms with Gasteiger partial charge in [-0.25, -0.2) is 13.1 Å². The zero-order chi connectivity index (χ0) is 14.8. The van der Waals surface area contributed by atoms with Gasteiger partial charge in [0.1, 0.15) is 4.90 Å². The number of benzene rings is 1. The summed E-state index contributed by atoms with van der Waals surface area (Å²) in [4.78, 5) is 0.187. The molecule has 1 fully saturated rings. The molecule has 1 aliphatic carbocycles. The summed E-state index contributed by atoms with van der Waals surface area (Å²) in [6.07, 6.45) is 4.75. The Hall–Kier alpha value is -1.07. The molecule has 1 aliphatic rings. The summed E-state index contributed by atoms with van der Waals surface area (Å²) in [6, 6.07) is 5.04. The van der Waals surface area contributed by atoms with Gasteiger partial charge < -0.3 is 5.73 Å². The van der Waals surface area contributed by atoms with E-state index in [0.717, 1.165) is 12.0 Å². The predicted octanol–water partition coefficient (Wildman–Crippen LogP) is 2.68. The van der Waals surface area contributed by atoms with Crippen molar-refractivity contribution in [3.8, 4) is 0 Å². The van der Waals surface area contributed by atoms with E-state index in [1.54, 1.807) is 18.2 Å². The average molecular weight is 296 g/mol. The second kappa shape index (κ2) is 6.14. The van der Waals surface area contributed by atoms with Crippen LogP contribution >= 0.6 is 0 Å². The topological polar surface area (TPSA) is 72.2 Å². The van der Waals surface area contributed by atoms with Crippen molar-refractivity contribution >= 4 is 15.7 Å². The molecule has 1 saturated carbocycles. The molecule has 0 amide bonds. The number of aryl methyl sites for hydroxylation is 1. The van der Waals surface area contributed by atoms with Crippen LogP contribution < -0.4 is 10.5 Å². The summed E-state index contributed by atoms with van der Waals surface area (Å²) in [5, 5.41) is 0. The van der Waals surface area contributed by atoms with Crippen molar-refractivity contribution in [2.24, 2.45) is 11.8 Å². The molecule has 0 aromatic heterocycles. The zero-order valence-electron chi connectivity index (χ0n) is 12.2. The van der Waals surface area contributed by atoms with Crippen LogP contribution in [0, 0.1) is 18.8 Å². The van der Waals surface area contributed by atoms with Gasteiger partial charge in [-0.15, -0.1) is 0 Å². The van der Waals surface area contributed by atoms with Crippen LogP contribution in [0.25, 0.3) is 0 Å². The average Bonchev–Trinajstić information content (AvgIpc) is 2.37. The minimum absolute atomic E-state index is 0.187. The summed E-state index contributed by atoms with van der Waals surface area (Å²) in [7, 11) is -3.51. The van der Waals surface area contributed by atoms with Crippen molar-refractivity contribution < 1.29 is 8.42 Å². The van der Waals surface area contributed by atoms with Gasteiger partial charge in [0.25, 0.3) is 0 Å². The molecule has 2 atom stereocenters. The van der Waals surface area contributed by atoms with Crippen LogP contribution in [0.4, 0.5) is 5.69 Å². The van der Waals surface area contributed by atoms with Crippen LogP contribution in [-0.4, -0.2) is 15.0 Å². The molecule has 0 saturated heterocycles. The summed E-state index contributed by atoms with van der Waals surface area (Å²) in [6.45, 7) is 4.61. The van der Waals surface area contributed by atoms with E-state index in [2.05, 4.69) is 11.6 Å². The Labute approximate surface area is 121 Å². The molecule has 0 spiro atoms. The molecule has 5 heteroatoms. The number of rotatable bonds is 4. The molecule has 112 valence electrons. The standard InChI is InChI=1S/C15H24N2O2S/c1-11-7-8-15(14(16)9-11)20(18,19)17-10-13-6-4-3-5-12(13)2/h7-9,12-13,17H,3-6,10,16H2,1-2H3. The molecule has 20 heavy (non-hydrogen) atoms. The quantitative estimate of drug-likeness (QED) is 0.839. The molecule has 2 unspecified atom stereocenters. The number of hydrogen-bond acceptors (Lipinski definition) is 3. The highest BCUT2D eigenvalue weighted by Crippen LogP contribution is 2.29. The van der Waals surface area contributed by atoms with Crippen LogP contribution in [0.1, 0.15) is 38.2 Å². The van der Waals surface area contributed by atoms with Gasteiger partial charge in [0.2, 0.25) is 10.0 Å². The minimum atomic E-state index is -3.51. The predicted molar refractivity (Wildman–Crippen MR) is 81.9 cm³/mol. The SMILES string of the molecule is Cc1ccc(S(=O)(=O)NCC2CCCCC2C)c(N)c1. The summed E-state index contributed by atoms with van der Waals surface area (Å²) >= 11 is 0. The highest BCUT2D eigenvalue weighted by Gasteiger charge is 2.24. The van der Waals surface area contributed by atoms with Gasteiger partial charge in [0, 0.05) is 6.54 Å². The van der Waals surface area contributed by atoms with E-state index in [1.807, 2.05) is 6.92 Å². The lowest BCUT2D eigenvalue weighted by atomic mass is 9.81. The molecular weight excluding hydrogens is 272 g/mol. The Balaban J connectivity index is 2.07. The molecular formula is C15H24N2O2S. The van der Waals surface area contributed by atoms with Crippen LogP contribution in [0.3, 0.4) is 0 Å². The van der Waals surface area contributed by atoms with Crippen molar-refractivity contribution in [1.29, 1.82) is 0 Å². The van der Waals surface area contributed by atoms with Gasteiger partial charge in [-0.05, 0) is 42.9 Å². The smallest absolute Gasteiger partial charge is 0.242 e. The normalized spacial score (nSPS) is 23.7. The van der Waals surface area contributed by atoms with Crippen LogP contribution in [0.15, 0.2) is 23.1 Å². The molecule has 0 aliphatic heterocycles. The fraction of sp³-hybridized carbons (Fsp3) is 0.600. The molecule has 0 heterocycles. The zero-order valence-corrected chi connectivity index (χ0v) is 13.0. The number of hydrogen-bond donors (Lipinski definition) is 2. The highest BCUT2D eigenvalue weighted by atomic mass is 32.2. The van der Waals surface area contributed by atoms with Gasteiger partial charge in [-0.2, -0.15) is 0 Å². The third kappa shape index (κ3) is 3.52. The number of nitrogens with two attached hydrogens (primary N) is 1. The van der Waals surface area contributed by atoms with E-state index in [0.29, 0.717) is 24.1 Å². The first-order valence-electron chi connectivity index (χ1n) is 7.26. The van der Waals surface area contributed by atoms with E-state index in [-0.39, 0.29) is 4.90 Å². The molecule has 2 rings (SSSR count). The second-order valence-corrected chi connectivity index (χ2v) is 7.65. The lowest BCUT2D eigenvalue weighted by molar-refractivity contribution is 0.257. The Morgan fingerprint density at radius 1 is 1.30 bits per heavy atom. The molecule has 1 aromatic rings. The minimum Gasteiger partial charge on any atom is -0.398 e. The van der Waals surface area contributed by atoms with Crippen LogP contribution in [0.2, 0.25) is 0 Å². The molecule has 0 radical (unpaired) electrons. The number of nitrogens with one attached hydrogen (secondary N) is 1. The van der Waals surface area contributed by atoms with Crippen LogP contribution in [0.5, 0.6) is 0 Å². The first-order valence-corrected chi connectivity index (χ1v) is 8.74. The second-order valence-electron chi connectivity index (χ2n) is 5.91. The molecule has 4 nitrogen and oxygen atoms in total. The van der Waals surface area contributed by atoms with E-state index < -0.39 is 10.0 Å². The maximum Gasteiger partial charge on any atom is 0.242 e. The maximum absolute atomic E-state index is 12.3. The monoisotopic (exact) mass is 296 g/mol. The fourth-order valence-electron chi connectivity index (χ4n) is 2.90. The van der Waals surface area contributed by atoms with Gasteiger partial charge in [0.05, 0.1) is 5.69 Å². The summed E-state index contributed by atoms with van der Waals surface area (Å²) in [5.74, 6) is 1.02. The number of sulfonamides is 1. The van der Waals surface area contributed by atoms with Gasteiger partial charge >= 0.3 is 0 Å². The van der Waals surface area contributed by atoms with E-state index in [9.17, 15) is 8.42 Å². The molecule has 1 aromatic carbocycles. The van der Waals surface area contributed by atoms with Crippen molar-refractivity contribution in [3.05, 3.63) is 23.8 Å². The van der Waals surface area contributed by atoms with Crippen molar-refractivity contribution in [2.45, 2.75) is 44.4 Å². The largest absolute Gasteiger partial charge is 0.398 e. The van der Waals surface area contributed by atoms with Crippen molar-refractivity contribution in [2.75, 3.05) is 12.3 Å². The Morgan fingerprint density at radius 3 is 2.65 bits per heavy atom. The third-order valence-electron chi connectivity index (χ3n) is 4.28. The third-order valence-corrected chi connectivity index (χ3v) is 5.78. The Morgan fingerprint density at radius 2 is 2.00 bits per heavy atom. The van der Waals surface area contributed by atoms with Gasteiger partial charge in [-0.3, -0.25) is 0 Å². The summed E-state index contributed by atoms with van der Waals surface area (Å²) < 4.78 is 27.4. The highest BCUT2D eigenvalue weighted by molar-refractivity contribution is 7.89. The lowest BCUT2D eigenvalue weighted by Crippen LogP contribution is -2.33. The number of anilines is 1. The maximum atomic E-state index is 12.3. The lowest BCUT2D eigenvalue weighted by Gasteiger charge is -2.28. The first kappa shape index (κ1) is 15.3. The summed E-state index contributed by atoms with van der Waals surface area (Å²) in [5.41, 5.74) is 7.10. The van der Waals surface area contributed by atoms with Crippen molar-refractivity contribution in [3.63, 3.8) is 0 Å². The van der Waals surface area contributed by atoms with E-state index in [1.165, 1.54) is 19.3 Å². The Kier molecular flexibility index (Phi) is 4.70. The fourth-order valence-corrected chi connectivity index (χ4v) is 4.11.